The molecule has 3 atom stereocenters. The molecular weight excluding hydrogens is 220 g/mol. The second-order valence-electron chi connectivity index (χ2n) is 5.12. The first kappa shape index (κ1) is 13.3. The van der Waals surface area contributed by atoms with E-state index in [4.69, 9.17) is 18.9 Å². The van der Waals surface area contributed by atoms with E-state index >= 15 is 0 Å². The zero-order valence-electron chi connectivity index (χ0n) is 10.7. The van der Waals surface area contributed by atoms with E-state index in [2.05, 4.69) is 6.92 Å². The van der Waals surface area contributed by atoms with Crippen molar-refractivity contribution < 1.29 is 18.9 Å². The summed E-state index contributed by atoms with van der Waals surface area (Å²) in [6.07, 6.45) is 4.36. The minimum atomic E-state index is 0.389. The van der Waals surface area contributed by atoms with Crippen molar-refractivity contribution >= 4 is 0 Å². The fraction of sp³-hybridized carbons (Fsp3) is 1.00. The van der Waals surface area contributed by atoms with Gasteiger partial charge in [-0.2, -0.15) is 0 Å². The fourth-order valence-corrected chi connectivity index (χ4v) is 1.72. The van der Waals surface area contributed by atoms with Crippen LogP contribution in [0.3, 0.4) is 0 Å². The van der Waals surface area contributed by atoms with E-state index in [1.54, 1.807) is 0 Å². The summed E-state index contributed by atoms with van der Waals surface area (Å²) in [6, 6.07) is 0. The Balaban J connectivity index is 1.30. The van der Waals surface area contributed by atoms with Crippen molar-refractivity contribution in [3.8, 4) is 0 Å². The molecule has 2 saturated heterocycles. The smallest absolute Gasteiger partial charge is 0.104 e. The molecule has 0 bridgehead atoms. The van der Waals surface area contributed by atoms with Crippen molar-refractivity contribution in [3.63, 3.8) is 0 Å². The van der Waals surface area contributed by atoms with E-state index in [9.17, 15) is 0 Å². The lowest BCUT2D eigenvalue weighted by Crippen LogP contribution is -2.10. The summed E-state index contributed by atoms with van der Waals surface area (Å²) in [5.74, 6) is 0.639. The largest absolute Gasteiger partial charge is 0.379 e. The Morgan fingerprint density at radius 3 is 2.35 bits per heavy atom. The van der Waals surface area contributed by atoms with Crippen molar-refractivity contribution in [1.29, 1.82) is 0 Å². The molecule has 0 aromatic heterocycles. The van der Waals surface area contributed by atoms with Gasteiger partial charge < -0.3 is 18.9 Å². The van der Waals surface area contributed by atoms with Crippen molar-refractivity contribution in [2.75, 3.05) is 39.6 Å². The first-order valence-electron chi connectivity index (χ1n) is 6.73. The molecule has 2 fully saturated rings. The zero-order chi connectivity index (χ0) is 11.9. The van der Waals surface area contributed by atoms with Crippen LogP contribution in [0.25, 0.3) is 0 Å². The van der Waals surface area contributed by atoms with E-state index in [0.717, 1.165) is 46.1 Å². The number of unbranched alkanes of at least 4 members (excludes halogenated alkanes) is 1. The van der Waals surface area contributed by atoms with Crippen LogP contribution >= 0.6 is 0 Å². The quantitative estimate of drug-likeness (QED) is 0.409. The fourth-order valence-electron chi connectivity index (χ4n) is 1.72. The van der Waals surface area contributed by atoms with Gasteiger partial charge in [0.2, 0.25) is 0 Å². The molecule has 0 spiro atoms. The molecule has 2 aliphatic rings. The number of epoxide rings is 2. The maximum absolute atomic E-state index is 5.56. The summed E-state index contributed by atoms with van der Waals surface area (Å²) < 4.78 is 21.2. The number of hydrogen-bond acceptors (Lipinski definition) is 4. The standard InChI is InChI=1S/C13H24O4/c1-11(6-15-8-13-10-17-13)4-2-3-5-14-7-12-9-16-12/h11-13H,2-10H2,1H3. The first-order valence-corrected chi connectivity index (χ1v) is 6.73. The van der Waals surface area contributed by atoms with Crippen molar-refractivity contribution in [2.24, 2.45) is 5.92 Å². The van der Waals surface area contributed by atoms with Gasteiger partial charge in [0.05, 0.1) is 26.4 Å². The van der Waals surface area contributed by atoms with Crippen molar-refractivity contribution in [1.82, 2.24) is 0 Å². The second-order valence-corrected chi connectivity index (χ2v) is 5.12. The molecule has 2 aliphatic heterocycles. The summed E-state index contributed by atoms with van der Waals surface area (Å²) in [7, 11) is 0. The van der Waals surface area contributed by atoms with Gasteiger partial charge in [0, 0.05) is 13.2 Å². The highest BCUT2D eigenvalue weighted by atomic mass is 16.6. The van der Waals surface area contributed by atoms with Crippen LogP contribution in [0.4, 0.5) is 0 Å². The second kappa shape index (κ2) is 7.31. The Morgan fingerprint density at radius 1 is 1.06 bits per heavy atom. The van der Waals surface area contributed by atoms with Gasteiger partial charge in [0.15, 0.2) is 0 Å². The molecule has 0 aromatic rings. The van der Waals surface area contributed by atoms with Gasteiger partial charge in [0.25, 0.3) is 0 Å². The van der Waals surface area contributed by atoms with Gasteiger partial charge in [-0.05, 0) is 18.8 Å². The van der Waals surface area contributed by atoms with E-state index in [1.807, 2.05) is 0 Å². The molecule has 100 valence electrons. The maximum Gasteiger partial charge on any atom is 0.104 e. The Bertz CT molecular complexity index is 202. The normalized spacial score (nSPS) is 28.1. The van der Waals surface area contributed by atoms with Crippen LogP contribution < -0.4 is 0 Å². The first-order chi connectivity index (χ1) is 8.34. The highest BCUT2D eigenvalue weighted by Gasteiger charge is 2.22. The van der Waals surface area contributed by atoms with E-state index in [1.165, 1.54) is 12.8 Å². The summed E-state index contributed by atoms with van der Waals surface area (Å²) in [5, 5.41) is 0. The molecular formula is C13H24O4. The van der Waals surface area contributed by atoms with Crippen LogP contribution in [-0.2, 0) is 18.9 Å². The topological polar surface area (TPSA) is 43.5 Å². The molecule has 17 heavy (non-hydrogen) atoms. The summed E-state index contributed by atoms with van der Waals surface area (Å²) in [4.78, 5) is 0. The number of hydrogen-bond donors (Lipinski definition) is 0. The van der Waals surface area contributed by atoms with E-state index in [0.29, 0.717) is 18.1 Å². The van der Waals surface area contributed by atoms with Gasteiger partial charge in [-0.3, -0.25) is 0 Å². The SMILES string of the molecule is CC(CCCCOCC1CO1)COCC1CO1. The zero-order valence-corrected chi connectivity index (χ0v) is 10.7. The van der Waals surface area contributed by atoms with Crippen LogP contribution in [-0.4, -0.2) is 51.8 Å². The highest BCUT2D eigenvalue weighted by Crippen LogP contribution is 2.13. The lowest BCUT2D eigenvalue weighted by Gasteiger charge is -2.11. The molecule has 0 amide bonds. The Kier molecular flexibility index (Phi) is 5.71. The molecule has 2 rings (SSSR count). The molecule has 4 heteroatoms. The summed E-state index contributed by atoms with van der Waals surface area (Å²) in [6.45, 7) is 7.29. The van der Waals surface area contributed by atoms with Crippen LogP contribution in [0.5, 0.6) is 0 Å². The summed E-state index contributed by atoms with van der Waals surface area (Å²) in [5.41, 5.74) is 0. The molecule has 0 aliphatic carbocycles. The molecule has 2 heterocycles. The highest BCUT2D eigenvalue weighted by molar-refractivity contribution is 4.68. The third-order valence-electron chi connectivity index (χ3n) is 3.05. The van der Waals surface area contributed by atoms with Crippen LogP contribution in [0.15, 0.2) is 0 Å². The minimum absolute atomic E-state index is 0.389. The molecule has 0 N–H and O–H groups in total. The Morgan fingerprint density at radius 2 is 1.71 bits per heavy atom. The van der Waals surface area contributed by atoms with Crippen molar-refractivity contribution in [3.05, 3.63) is 0 Å². The maximum atomic E-state index is 5.56. The van der Waals surface area contributed by atoms with Crippen LogP contribution in [0.1, 0.15) is 26.2 Å². The monoisotopic (exact) mass is 244 g/mol. The van der Waals surface area contributed by atoms with Gasteiger partial charge in [-0.25, -0.2) is 0 Å². The molecule has 0 radical (unpaired) electrons. The van der Waals surface area contributed by atoms with Crippen molar-refractivity contribution in [2.45, 2.75) is 38.4 Å². The number of ether oxygens (including phenoxy) is 4. The lowest BCUT2D eigenvalue weighted by molar-refractivity contribution is 0.0842. The van der Waals surface area contributed by atoms with Gasteiger partial charge in [0.1, 0.15) is 12.2 Å². The third-order valence-corrected chi connectivity index (χ3v) is 3.05. The Labute approximate surface area is 104 Å². The average molecular weight is 244 g/mol. The van der Waals surface area contributed by atoms with Gasteiger partial charge >= 0.3 is 0 Å². The molecule has 3 unspecified atom stereocenters. The van der Waals surface area contributed by atoms with E-state index in [-0.39, 0.29) is 0 Å². The third kappa shape index (κ3) is 6.99. The predicted molar refractivity (Wildman–Crippen MR) is 64.1 cm³/mol. The van der Waals surface area contributed by atoms with Crippen LogP contribution in [0.2, 0.25) is 0 Å². The van der Waals surface area contributed by atoms with Gasteiger partial charge in [-0.1, -0.05) is 13.3 Å². The molecule has 0 aromatic carbocycles. The number of rotatable bonds is 11. The average Bonchev–Trinajstić information content (AvgIpc) is 3.15. The predicted octanol–water partition coefficient (Wildman–Crippen LogP) is 1.62. The minimum Gasteiger partial charge on any atom is -0.379 e. The Hall–Kier alpha value is -0.160. The van der Waals surface area contributed by atoms with Crippen LogP contribution in [0, 0.1) is 5.92 Å². The van der Waals surface area contributed by atoms with Gasteiger partial charge in [-0.15, -0.1) is 0 Å². The summed E-state index contributed by atoms with van der Waals surface area (Å²) >= 11 is 0. The van der Waals surface area contributed by atoms with E-state index < -0.39 is 0 Å². The molecule has 4 nitrogen and oxygen atoms in total. The molecule has 0 saturated carbocycles. The lowest BCUT2D eigenvalue weighted by atomic mass is 10.1.